The first-order valence-electron chi connectivity index (χ1n) is 5.60. The van der Waals surface area contributed by atoms with Crippen LogP contribution in [0.4, 0.5) is 4.39 Å². The molecule has 98 valence electrons. The van der Waals surface area contributed by atoms with E-state index in [0.717, 1.165) is 5.69 Å². The number of halogens is 1. The molecule has 1 heterocycles. The van der Waals surface area contributed by atoms with Gasteiger partial charge in [-0.1, -0.05) is 0 Å². The third kappa shape index (κ3) is 3.51. The number of aromatic nitrogens is 2. The van der Waals surface area contributed by atoms with E-state index in [4.69, 9.17) is 0 Å². The minimum atomic E-state index is -0.454. The van der Waals surface area contributed by atoms with Crippen LogP contribution in [-0.2, 0) is 6.54 Å². The summed E-state index contributed by atoms with van der Waals surface area (Å²) in [6.45, 7) is 2.10. The molecule has 1 aromatic heterocycles. The van der Waals surface area contributed by atoms with Crippen molar-refractivity contribution >= 4 is 18.5 Å². The number of nitrogens with zero attached hydrogens (tertiary/aromatic N) is 2. The van der Waals surface area contributed by atoms with Gasteiger partial charge in [-0.15, -0.1) is 12.6 Å². The van der Waals surface area contributed by atoms with Crippen molar-refractivity contribution in [1.82, 2.24) is 15.3 Å². The molecule has 0 aliphatic rings. The fourth-order valence-corrected chi connectivity index (χ4v) is 1.65. The van der Waals surface area contributed by atoms with Crippen LogP contribution in [0, 0.1) is 12.7 Å². The first-order valence-corrected chi connectivity index (χ1v) is 6.05. The van der Waals surface area contributed by atoms with Gasteiger partial charge in [0.1, 0.15) is 5.82 Å². The molecule has 0 aliphatic heterocycles. The number of aryl methyl sites for hydroxylation is 1. The van der Waals surface area contributed by atoms with E-state index in [2.05, 4.69) is 27.9 Å². The van der Waals surface area contributed by atoms with Crippen LogP contribution in [0.3, 0.4) is 0 Å². The van der Waals surface area contributed by atoms with Crippen LogP contribution < -0.4 is 5.32 Å². The zero-order chi connectivity index (χ0) is 13.8. The number of carbonyl (C=O) groups is 1. The quantitative estimate of drug-likeness (QED) is 0.845. The summed E-state index contributed by atoms with van der Waals surface area (Å²) in [7, 11) is 0. The van der Waals surface area contributed by atoms with Crippen LogP contribution in [0.25, 0.3) is 0 Å². The minimum absolute atomic E-state index is 0.141. The van der Waals surface area contributed by atoms with Crippen molar-refractivity contribution in [3.8, 4) is 0 Å². The van der Waals surface area contributed by atoms with Crippen molar-refractivity contribution in [3.63, 3.8) is 0 Å². The van der Waals surface area contributed by atoms with Crippen LogP contribution in [-0.4, -0.2) is 15.9 Å². The molecule has 0 aliphatic carbocycles. The van der Waals surface area contributed by atoms with Gasteiger partial charge in [0.25, 0.3) is 5.91 Å². The second-order valence-corrected chi connectivity index (χ2v) is 4.48. The smallest absolute Gasteiger partial charge is 0.251 e. The Morgan fingerprint density at radius 1 is 1.37 bits per heavy atom. The number of hydrogen-bond acceptors (Lipinski definition) is 4. The molecule has 2 rings (SSSR count). The highest BCUT2D eigenvalue weighted by Crippen LogP contribution is 2.14. The lowest BCUT2D eigenvalue weighted by Crippen LogP contribution is -2.23. The number of thiol groups is 1. The Balaban J connectivity index is 2.01. The largest absolute Gasteiger partial charge is 0.346 e. The van der Waals surface area contributed by atoms with Crippen LogP contribution >= 0.6 is 12.6 Å². The van der Waals surface area contributed by atoms with Crippen molar-refractivity contribution in [2.75, 3.05) is 0 Å². The first-order chi connectivity index (χ1) is 9.06. The average Bonchev–Trinajstić information content (AvgIpc) is 2.41. The van der Waals surface area contributed by atoms with Gasteiger partial charge in [0.2, 0.25) is 0 Å². The summed E-state index contributed by atoms with van der Waals surface area (Å²) in [5.41, 5.74) is 1.83. The molecule has 0 saturated heterocycles. The van der Waals surface area contributed by atoms with Crippen molar-refractivity contribution in [3.05, 3.63) is 53.4 Å². The number of hydrogen-bond donors (Lipinski definition) is 2. The van der Waals surface area contributed by atoms with E-state index in [1.807, 2.05) is 6.92 Å². The summed E-state index contributed by atoms with van der Waals surface area (Å²) in [5.74, 6) is -0.762. The summed E-state index contributed by atoms with van der Waals surface area (Å²) in [4.78, 5) is 20.2. The predicted octanol–water partition coefficient (Wildman–Crippen LogP) is 2.14. The number of benzene rings is 1. The van der Waals surface area contributed by atoms with Crippen molar-refractivity contribution in [2.45, 2.75) is 18.4 Å². The predicted molar refractivity (Wildman–Crippen MR) is 71.6 cm³/mol. The number of nitrogens with one attached hydrogen (secondary N) is 1. The molecule has 0 spiro atoms. The Labute approximate surface area is 115 Å². The monoisotopic (exact) mass is 277 g/mol. The topological polar surface area (TPSA) is 54.9 Å². The molecule has 0 saturated carbocycles. The molecule has 0 atom stereocenters. The normalized spacial score (nSPS) is 10.3. The number of carbonyl (C=O) groups excluding carboxylic acids is 1. The van der Waals surface area contributed by atoms with Crippen LogP contribution in [0.2, 0.25) is 0 Å². The Morgan fingerprint density at radius 3 is 2.79 bits per heavy atom. The SMILES string of the molecule is Cc1cnc(CNC(=O)c2ccc(F)c(S)c2)cn1. The summed E-state index contributed by atoms with van der Waals surface area (Å²) in [6.07, 6.45) is 3.23. The highest BCUT2D eigenvalue weighted by Gasteiger charge is 2.08. The lowest BCUT2D eigenvalue weighted by Gasteiger charge is -2.05. The maximum absolute atomic E-state index is 13.0. The zero-order valence-electron chi connectivity index (χ0n) is 10.2. The lowest BCUT2D eigenvalue weighted by molar-refractivity contribution is 0.0950. The molecule has 19 heavy (non-hydrogen) atoms. The molecular weight excluding hydrogens is 265 g/mol. The van der Waals surface area contributed by atoms with E-state index in [9.17, 15) is 9.18 Å². The third-order valence-corrected chi connectivity index (χ3v) is 2.82. The molecule has 0 radical (unpaired) electrons. The zero-order valence-corrected chi connectivity index (χ0v) is 11.1. The maximum atomic E-state index is 13.0. The third-order valence-electron chi connectivity index (χ3n) is 2.47. The fraction of sp³-hybridized carbons (Fsp3) is 0.154. The van der Waals surface area contributed by atoms with Gasteiger partial charge in [-0.05, 0) is 25.1 Å². The van der Waals surface area contributed by atoms with E-state index >= 15 is 0 Å². The lowest BCUT2D eigenvalue weighted by atomic mass is 10.2. The summed E-state index contributed by atoms with van der Waals surface area (Å²) < 4.78 is 13.0. The summed E-state index contributed by atoms with van der Waals surface area (Å²) in [6, 6.07) is 4.00. The molecule has 0 fully saturated rings. The van der Waals surface area contributed by atoms with Gasteiger partial charge in [-0.3, -0.25) is 14.8 Å². The Bertz CT molecular complexity index is 601. The van der Waals surface area contributed by atoms with Crippen molar-refractivity contribution in [1.29, 1.82) is 0 Å². The molecule has 1 amide bonds. The van der Waals surface area contributed by atoms with E-state index in [1.165, 1.54) is 18.2 Å². The molecule has 4 nitrogen and oxygen atoms in total. The average molecular weight is 277 g/mol. The van der Waals surface area contributed by atoms with E-state index in [-0.39, 0.29) is 17.3 Å². The second kappa shape index (κ2) is 5.79. The molecule has 0 unspecified atom stereocenters. The molecule has 1 N–H and O–H groups in total. The standard InChI is InChI=1S/C13H12FN3OS/c1-8-5-16-10(6-15-8)7-17-13(18)9-2-3-11(14)12(19)4-9/h2-6,19H,7H2,1H3,(H,17,18). The van der Waals surface area contributed by atoms with Crippen molar-refractivity contribution < 1.29 is 9.18 Å². The molecular formula is C13H12FN3OS. The summed E-state index contributed by atoms with van der Waals surface area (Å²) in [5, 5.41) is 2.68. The summed E-state index contributed by atoms with van der Waals surface area (Å²) >= 11 is 3.93. The molecule has 1 aromatic carbocycles. The Kier molecular flexibility index (Phi) is 4.11. The molecule has 0 bridgehead atoms. The van der Waals surface area contributed by atoms with Gasteiger partial charge in [0, 0.05) is 16.7 Å². The highest BCUT2D eigenvalue weighted by molar-refractivity contribution is 7.80. The van der Waals surface area contributed by atoms with Gasteiger partial charge < -0.3 is 5.32 Å². The maximum Gasteiger partial charge on any atom is 0.251 e. The fourth-order valence-electron chi connectivity index (χ4n) is 1.44. The van der Waals surface area contributed by atoms with Crippen LogP contribution in [0.15, 0.2) is 35.5 Å². The van der Waals surface area contributed by atoms with Crippen LogP contribution in [0.1, 0.15) is 21.7 Å². The molecule has 6 heteroatoms. The van der Waals surface area contributed by atoms with Gasteiger partial charge in [-0.2, -0.15) is 0 Å². The Morgan fingerprint density at radius 2 is 2.16 bits per heavy atom. The van der Waals surface area contributed by atoms with E-state index in [0.29, 0.717) is 11.3 Å². The molecule has 2 aromatic rings. The highest BCUT2D eigenvalue weighted by atomic mass is 32.1. The van der Waals surface area contributed by atoms with Crippen LogP contribution in [0.5, 0.6) is 0 Å². The second-order valence-electron chi connectivity index (χ2n) is 4.00. The van der Waals surface area contributed by atoms with Crippen molar-refractivity contribution in [2.24, 2.45) is 0 Å². The van der Waals surface area contributed by atoms with Gasteiger partial charge >= 0.3 is 0 Å². The van der Waals surface area contributed by atoms with Gasteiger partial charge in [0.15, 0.2) is 0 Å². The van der Waals surface area contributed by atoms with Gasteiger partial charge in [-0.25, -0.2) is 4.39 Å². The minimum Gasteiger partial charge on any atom is -0.346 e. The first kappa shape index (κ1) is 13.5. The van der Waals surface area contributed by atoms with E-state index in [1.54, 1.807) is 12.4 Å². The van der Waals surface area contributed by atoms with E-state index < -0.39 is 5.82 Å². The number of amides is 1. The Hall–Kier alpha value is -1.95. The number of rotatable bonds is 3. The van der Waals surface area contributed by atoms with Gasteiger partial charge in [0.05, 0.1) is 24.1 Å².